The molecule has 2 N–H and O–H groups in total. The Bertz CT molecular complexity index is 270. The molecule has 64 valence electrons. The first-order valence-electron chi connectivity index (χ1n) is 3.41. The van der Waals surface area contributed by atoms with Gasteiger partial charge >= 0.3 is 0 Å². The van der Waals surface area contributed by atoms with Crippen molar-refractivity contribution in [3.63, 3.8) is 0 Å². The first kappa shape index (κ1) is 9.12. The van der Waals surface area contributed by atoms with E-state index in [-0.39, 0.29) is 10.7 Å². The van der Waals surface area contributed by atoms with E-state index >= 15 is 0 Å². The Hall–Kier alpha value is -0.970. The van der Waals surface area contributed by atoms with Crippen molar-refractivity contribution in [3.8, 4) is 0 Å². The van der Waals surface area contributed by atoms with Crippen LogP contribution in [0.25, 0.3) is 0 Å². The zero-order chi connectivity index (χ0) is 8.97. The molecule has 4 nitrogen and oxygen atoms in total. The van der Waals surface area contributed by atoms with E-state index in [1.165, 1.54) is 0 Å². The fourth-order valence-electron chi connectivity index (χ4n) is 0.939. The SMILES string of the molecule is NC(=NN=O)C1=CC(Br)C=CC1. The Kier molecular flexibility index (Phi) is 3.16. The lowest BCUT2D eigenvalue weighted by Crippen LogP contribution is -2.16. The standard InChI is InChI=1S/C7H8BrN3O/c8-6-3-1-2-5(4-6)7(9)10-11-12/h1,3-4,6H,2H2,(H2,9,10,12). The molecule has 5 heteroatoms. The van der Waals surface area contributed by atoms with E-state index in [4.69, 9.17) is 5.73 Å². The largest absolute Gasteiger partial charge is 0.382 e. The molecule has 0 aromatic carbocycles. The molecule has 0 fully saturated rings. The highest BCUT2D eigenvalue weighted by atomic mass is 79.9. The van der Waals surface area contributed by atoms with Crippen molar-refractivity contribution in [2.75, 3.05) is 0 Å². The average Bonchev–Trinajstić information content (AvgIpc) is 2.05. The number of rotatable bonds is 2. The van der Waals surface area contributed by atoms with Crippen molar-refractivity contribution in [1.29, 1.82) is 0 Å². The fourth-order valence-corrected chi connectivity index (χ4v) is 1.47. The van der Waals surface area contributed by atoms with Gasteiger partial charge in [-0.05, 0) is 12.0 Å². The highest BCUT2D eigenvalue weighted by Crippen LogP contribution is 2.16. The summed E-state index contributed by atoms with van der Waals surface area (Å²) in [6, 6.07) is 0. The van der Waals surface area contributed by atoms with Gasteiger partial charge in [0.2, 0.25) is 0 Å². The third kappa shape index (κ3) is 2.27. The van der Waals surface area contributed by atoms with Gasteiger partial charge in [0.25, 0.3) is 0 Å². The van der Waals surface area contributed by atoms with Crippen LogP contribution >= 0.6 is 15.9 Å². The van der Waals surface area contributed by atoms with Gasteiger partial charge in [-0.2, -0.15) is 0 Å². The summed E-state index contributed by atoms with van der Waals surface area (Å²) in [7, 11) is 0. The molecule has 1 aliphatic carbocycles. The van der Waals surface area contributed by atoms with Crippen LogP contribution in [0.2, 0.25) is 0 Å². The number of amidine groups is 1. The molecule has 0 heterocycles. The molecule has 1 aliphatic rings. The van der Waals surface area contributed by atoms with Crippen LogP contribution in [0.3, 0.4) is 0 Å². The Morgan fingerprint density at radius 1 is 1.75 bits per heavy atom. The molecule has 0 saturated carbocycles. The van der Waals surface area contributed by atoms with Crippen LogP contribution < -0.4 is 5.73 Å². The Morgan fingerprint density at radius 2 is 2.50 bits per heavy atom. The predicted molar refractivity (Wildman–Crippen MR) is 52.0 cm³/mol. The van der Waals surface area contributed by atoms with Crippen molar-refractivity contribution < 1.29 is 0 Å². The van der Waals surface area contributed by atoms with Gasteiger partial charge in [-0.3, -0.25) is 0 Å². The minimum Gasteiger partial charge on any atom is -0.382 e. The average molecular weight is 230 g/mol. The lowest BCUT2D eigenvalue weighted by Gasteiger charge is -2.09. The van der Waals surface area contributed by atoms with Crippen molar-refractivity contribution in [1.82, 2.24) is 0 Å². The summed E-state index contributed by atoms with van der Waals surface area (Å²) in [5, 5.41) is 5.59. The summed E-state index contributed by atoms with van der Waals surface area (Å²) < 4.78 is 0. The van der Waals surface area contributed by atoms with Gasteiger partial charge in [-0.25, -0.2) is 0 Å². The summed E-state index contributed by atoms with van der Waals surface area (Å²) in [5.74, 6) is 0.193. The van der Waals surface area contributed by atoms with Crippen molar-refractivity contribution in [2.24, 2.45) is 16.1 Å². The zero-order valence-corrected chi connectivity index (χ0v) is 7.86. The van der Waals surface area contributed by atoms with E-state index in [1.54, 1.807) is 0 Å². The van der Waals surface area contributed by atoms with E-state index in [9.17, 15) is 4.91 Å². The van der Waals surface area contributed by atoms with Gasteiger partial charge in [0.05, 0.1) is 10.1 Å². The van der Waals surface area contributed by atoms with E-state index in [0.717, 1.165) is 5.57 Å². The second-order valence-corrected chi connectivity index (χ2v) is 3.39. The Morgan fingerprint density at radius 3 is 3.08 bits per heavy atom. The van der Waals surface area contributed by atoms with Crippen molar-refractivity contribution in [2.45, 2.75) is 11.2 Å². The van der Waals surface area contributed by atoms with E-state index in [1.807, 2.05) is 18.2 Å². The minimum absolute atomic E-state index is 0.168. The summed E-state index contributed by atoms with van der Waals surface area (Å²) in [4.78, 5) is 9.93. The quantitative estimate of drug-likeness (QED) is 0.196. The highest BCUT2D eigenvalue weighted by Gasteiger charge is 2.08. The van der Waals surface area contributed by atoms with Crippen LogP contribution in [-0.2, 0) is 0 Å². The molecule has 0 aromatic heterocycles. The van der Waals surface area contributed by atoms with Crippen LogP contribution in [0.5, 0.6) is 0 Å². The van der Waals surface area contributed by atoms with Crippen molar-refractivity contribution in [3.05, 3.63) is 28.7 Å². The minimum atomic E-state index is 0.168. The van der Waals surface area contributed by atoms with Gasteiger partial charge in [0.1, 0.15) is 0 Å². The Balaban J connectivity index is 2.76. The van der Waals surface area contributed by atoms with E-state index in [0.29, 0.717) is 6.42 Å². The molecule has 0 spiro atoms. The molecule has 0 amide bonds. The van der Waals surface area contributed by atoms with Crippen LogP contribution in [0.15, 0.2) is 34.2 Å². The molecule has 0 saturated heterocycles. The molecule has 0 radical (unpaired) electrons. The van der Waals surface area contributed by atoms with Gasteiger partial charge in [-0.1, -0.05) is 39.3 Å². The number of nitrogens with zero attached hydrogens (tertiary/aromatic N) is 2. The maximum Gasteiger partial charge on any atom is 0.152 e. The molecular weight excluding hydrogens is 222 g/mol. The maximum absolute atomic E-state index is 9.76. The predicted octanol–water partition coefficient (Wildman–Crippen LogP) is 1.67. The number of nitrogens with two attached hydrogens (primary N) is 1. The number of halogens is 1. The number of alkyl halides is 1. The third-order valence-electron chi connectivity index (χ3n) is 1.50. The smallest absolute Gasteiger partial charge is 0.152 e. The van der Waals surface area contributed by atoms with E-state index in [2.05, 4.69) is 26.3 Å². The third-order valence-corrected chi connectivity index (χ3v) is 2.07. The lowest BCUT2D eigenvalue weighted by molar-refractivity contribution is 1.15. The molecular formula is C7H8BrN3O. The second kappa shape index (κ2) is 4.15. The van der Waals surface area contributed by atoms with Crippen molar-refractivity contribution >= 4 is 21.8 Å². The topological polar surface area (TPSA) is 67.8 Å². The number of hydrogen-bond donors (Lipinski definition) is 1. The number of hydrogen-bond acceptors (Lipinski definition) is 2. The van der Waals surface area contributed by atoms with Gasteiger partial charge in [-0.15, -0.1) is 4.91 Å². The molecule has 0 aliphatic heterocycles. The first-order valence-corrected chi connectivity index (χ1v) is 4.33. The Labute approximate surface area is 78.3 Å². The normalized spacial score (nSPS) is 23.6. The van der Waals surface area contributed by atoms with E-state index < -0.39 is 0 Å². The summed E-state index contributed by atoms with van der Waals surface area (Å²) in [6.07, 6.45) is 6.55. The first-order chi connectivity index (χ1) is 5.74. The molecule has 1 unspecified atom stereocenters. The molecule has 12 heavy (non-hydrogen) atoms. The van der Waals surface area contributed by atoms with Crippen LogP contribution in [0.4, 0.5) is 0 Å². The van der Waals surface area contributed by atoms with Crippen LogP contribution in [0, 0.1) is 4.91 Å². The zero-order valence-electron chi connectivity index (χ0n) is 6.27. The fraction of sp³-hybridized carbons (Fsp3) is 0.286. The summed E-state index contributed by atoms with van der Waals surface area (Å²) >= 11 is 3.37. The van der Waals surface area contributed by atoms with Crippen LogP contribution in [-0.4, -0.2) is 10.7 Å². The summed E-state index contributed by atoms with van der Waals surface area (Å²) in [6.45, 7) is 0. The molecule has 1 atom stereocenters. The van der Waals surface area contributed by atoms with Gasteiger partial charge in [0.15, 0.2) is 5.84 Å². The molecule has 0 bridgehead atoms. The summed E-state index contributed by atoms with van der Waals surface area (Å²) in [5.41, 5.74) is 6.29. The lowest BCUT2D eigenvalue weighted by atomic mass is 10.1. The highest BCUT2D eigenvalue weighted by molar-refractivity contribution is 9.09. The maximum atomic E-state index is 9.76. The number of allylic oxidation sites excluding steroid dienone is 3. The van der Waals surface area contributed by atoms with Gasteiger partial charge < -0.3 is 5.73 Å². The molecule has 0 aromatic rings. The van der Waals surface area contributed by atoms with Gasteiger partial charge in [0, 0.05) is 0 Å². The molecule has 1 rings (SSSR count). The second-order valence-electron chi connectivity index (χ2n) is 2.34. The number of nitroso groups, excluding NO2 is 1. The monoisotopic (exact) mass is 229 g/mol. The van der Waals surface area contributed by atoms with Crippen LogP contribution in [0.1, 0.15) is 6.42 Å².